The summed E-state index contributed by atoms with van der Waals surface area (Å²) in [6.45, 7) is 4.74. The maximum atomic E-state index is 6.20. The molecule has 0 atom stereocenters. The molecular weight excluding hydrogens is 330 g/mol. The van der Waals surface area contributed by atoms with Crippen LogP contribution in [0.25, 0.3) is 0 Å². The summed E-state index contributed by atoms with van der Waals surface area (Å²) in [7, 11) is 1.69. The fourth-order valence-corrected chi connectivity index (χ4v) is 3.72. The van der Waals surface area contributed by atoms with Gasteiger partial charge in [0.15, 0.2) is 11.5 Å². The summed E-state index contributed by atoms with van der Waals surface area (Å²) >= 11 is 3.60. The van der Waals surface area contributed by atoms with Gasteiger partial charge in [0, 0.05) is 22.0 Å². The molecule has 0 spiro atoms. The van der Waals surface area contributed by atoms with Crippen molar-refractivity contribution in [3.05, 3.63) is 22.2 Å². The number of halogens is 1. The third-order valence-electron chi connectivity index (χ3n) is 4.37. The Kier molecular flexibility index (Phi) is 5.55. The Hall–Kier alpha value is -0.740. The third-order valence-corrected chi connectivity index (χ3v) is 4.82. The van der Waals surface area contributed by atoms with E-state index in [-0.39, 0.29) is 11.5 Å². The number of methoxy groups -OCH3 is 1. The normalized spacial score (nSPS) is 17.8. The number of ether oxygens (including phenoxy) is 2. The fraction of sp³-hybridized carbons (Fsp3) is 0.647. The molecule has 2 N–H and O–H groups in total. The summed E-state index contributed by atoms with van der Waals surface area (Å²) in [5, 5.41) is 0. The van der Waals surface area contributed by atoms with E-state index in [1.165, 1.54) is 24.8 Å². The zero-order chi connectivity index (χ0) is 15.5. The highest BCUT2D eigenvalue weighted by molar-refractivity contribution is 9.10. The van der Waals surface area contributed by atoms with Crippen molar-refractivity contribution in [1.29, 1.82) is 0 Å². The van der Waals surface area contributed by atoms with Crippen LogP contribution < -0.4 is 15.2 Å². The Bertz CT molecular complexity index is 482. The van der Waals surface area contributed by atoms with Gasteiger partial charge in [0.05, 0.1) is 13.2 Å². The molecule has 1 aromatic carbocycles. The molecule has 21 heavy (non-hydrogen) atoms. The van der Waals surface area contributed by atoms with Crippen LogP contribution in [0.3, 0.4) is 0 Å². The van der Waals surface area contributed by atoms with Gasteiger partial charge in [-0.05, 0) is 38.8 Å². The van der Waals surface area contributed by atoms with E-state index < -0.39 is 0 Å². The maximum Gasteiger partial charge on any atom is 0.165 e. The molecule has 0 radical (unpaired) electrons. The molecule has 1 aromatic rings. The van der Waals surface area contributed by atoms with Gasteiger partial charge in [0.25, 0.3) is 0 Å². The molecule has 1 saturated carbocycles. The zero-order valence-electron chi connectivity index (χ0n) is 13.2. The smallest absolute Gasteiger partial charge is 0.165 e. The lowest BCUT2D eigenvalue weighted by atomic mass is 9.69. The van der Waals surface area contributed by atoms with E-state index in [1.54, 1.807) is 7.11 Å². The van der Waals surface area contributed by atoms with Gasteiger partial charge in [-0.1, -0.05) is 35.2 Å². The second-order valence-electron chi connectivity index (χ2n) is 6.20. The van der Waals surface area contributed by atoms with Gasteiger partial charge < -0.3 is 15.2 Å². The zero-order valence-corrected chi connectivity index (χ0v) is 14.8. The fourth-order valence-electron chi connectivity index (χ4n) is 3.28. The predicted molar refractivity (Wildman–Crippen MR) is 90.3 cm³/mol. The van der Waals surface area contributed by atoms with E-state index >= 15 is 0 Å². The summed E-state index contributed by atoms with van der Waals surface area (Å²) in [4.78, 5) is 0. The first kappa shape index (κ1) is 16.6. The van der Waals surface area contributed by atoms with Crippen LogP contribution in [0.1, 0.15) is 51.5 Å². The quantitative estimate of drug-likeness (QED) is 0.850. The maximum absolute atomic E-state index is 6.20. The number of benzene rings is 1. The Balaban J connectivity index is 2.56. The first-order chi connectivity index (χ1) is 10.0. The highest BCUT2D eigenvalue weighted by atomic mass is 79.9. The van der Waals surface area contributed by atoms with Crippen molar-refractivity contribution in [3.8, 4) is 11.5 Å². The minimum Gasteiger partial charge on any atom is -0.493 e. The molecule has 0 aromatic heterocycles. The molecule has 3 nitrogen and oxygen atoms in total. The Labute approximate surface area is 136 Å². The highest BCUT2D eigenvalue weighted by Gasteiger charge is 2.36. The van der Waals surface area contributed by atoms with E-state index in [2.05, 4.69) is 22.0 Å². The van der Waals surface area contributed by atoms with Crippen LogP contribution in [0, 0.1) is 0 Å². The lowest BCUT2D eigenvalue weighted by molar-refractivity contribution is 0.214. The molecule has 1 fully saturated rings. The molecule has 2 rings (SSSR count). The molecule has 0 saturated heterocycles. The summed E-state index contributed by atoms with van der Waals surface area (Å²) in [6.07, 6.45) is 6.11. The minimum absolute atomic E-state index is 0.0134. The van der Waals surface area contributed by atoms with E-state index in [0.717, 1.165) is 28.8 Å². The van der Waals surface area contributed by atoms with Crippen molar-refractivity contribution in [2.24, 2.45) is 5.73 Å². The largest absolute Gasteiger partial charge is 0.493 e. The predicted octanol–water partition coefficient (Wildman–Crippen LogP) is 4.41. The van der Waals surface area contributed by atoms with Crippen molar-refractivity contribution >= 4 is 15.9 Å². The van der Waals surface area contributed by atoms with E-state index in [1.807, 2.05) is 19.9 Å². The molecule has 0 heterocycles. The molecule has 118 valence electrons. The van der Waals surface area contributed by atoms with Crippen molar-refractivity contribution in [3.63, 3.8) is 0 Å². The topological polar surface area (TPSA) is 44.5 Å². The van der Waals surface area contributed by atoms with Crippen LogP contribution in [-0.4, -0.2) is 19.8 Å². The van der Waals surface area contributed by atoms with Crippen LogP contribution in [0.4, 0.5) is 0 Å². The lowest BCUT2D eigenvalue weighted by Gasteiger charge is -2.38. The van der Waals surface area contributed by atoms with E-state index in [4.69, 9.17) is 15.2 Å². The minimum atomic E-state index is 0.0134. The van der Waals surface area contributed by atoms with Crippen LogP contribution >= 0.6 is 15.9 Å². The molecule has 0 unspecified atom stereocenters. The van der Waals surface area contributed by atoms with Gasteiger partial charge >= 0.3 is 0 Å². The molecule has 1 aliphatic carbocycles. The van der Waals surface area contributed by atoms with Gasteiger partial charge in [-0.25, -0.2) is 0 Å². The van der Waals surface area contributed by atoms with Crippen molar-refractivity contribution in [2.45, 2.75) is 57.5 Å². The second kappa shape index (κ2) is 7.01. The number of rotatable bonds is 5. The summed E-state index contributed by atoms with van der Waals surface area (Å²) in [6, 6.07) is 4.13. The van der Waals surface area contributed by atoms with Crippen LogP contribution in [0.5, 0.6) is 11.5 Å². The average molecular weight is 356 g/mol. The lowest BCUT2D eigenvalue weighted by Crippen LogP contribution is -2.37. The number of hydrogen-bond acceptors (Lipinski definition) is 3. The standard InChI is InChI=1S/C17H26BrNO2/c1-12(2)21-16-14(9-13(18)10-15(16)20-3)17(11-19)7-5-4-6-8-17/h9-10,12H,4-8,11,19H2,1-3H3. The van der Waals surface area contributed by atoms with Crippen molar-refractivity contribution in [1.82, 2.24) is 0 Å². The van der Waals surface area contributed by atoms with E-state index in [9.17, 15) is 0 Å². The summed E-state index contributed by atoms with van der Waals surface area (Å²) in [5.74, 6) is 1.65. The van der Waals surface area contributed by atoms with Gasteiger partial charge in [0.2, 0.25) is 0 Å². The molecule has 0 amide bonds. The average Bonchev–Trinajstić information content (AvgIpc) is 2.48. The molecular formula is C17H26BrNO2. The van der Waals surface area contributed by atoms with Gasteiger partial charge in [-0.2, -0.15) is 0 Å². The van der Waals surface area contributed by atoms with Crippen molar-refractivity contribution < 1.29 is 9.47 Å². The van der Waals surface area contributed by atoms with Crippen LogP contribution in [0.15, 0.2) is 16.6 Å². The van der Waals surface area contributed by atoms with Gasteiger partial charge in [0.1, 0.15) is 0 Å². The first-order valence-electron chi connectivity index (χ1n) is 7.77. The molecule has 0 bridgehead atoms. The van der Waals surface area contributed by atoms with Gasteiger partial charge in [-0.15, -0.1) is 0 Å². The third kappa shape index (κ3) is 3.54. The van der Waals surface area contributed by atoms with Crippen LogP contribution in [-0.2, 0) is 5.41 Å². The summed E-state index contributed by atoms with van der Waals surface area (Å²) in [5.41, 5.74) is 7.41. The molecule has 1 aliphatic rings. The Morgan fingerprint density at radius 1 is 1.24 bits per heavy atom. The Morgan fingerprint density at radius 2 is 1.90 bits per heavy atom. The number of nitrogens with two attached hydrogens (primary N) is 1. The highest BCUT2D eigenvalue weighted by Crippen LogP contribution is 2.47. The monoisotopic (exact) mass is 355 g/mol. The van der Waals surface area contributed by atoms with Crippen molar-refractivity contribution in [2.75, 3.05) is 13.7 Å². The number of hydrogen-bond donors (Lipinski definition) is 1. The van der Waals surface area contributed by atoms with Gasteiger partial charge in [-0.3, -0.25) is 0 Å². The molecule has 0 aliphatic heterocycles. The van der Waals surface area contributed by atoms with Crippen LogP contribution in [0.2, 0.25) is 0 Å². The summed E-state index contributed by atoms with van der Waals surface area (Å²) < 4.78 is 12.7. The SMILES string of the molecule is COc1cc(Br)cc(C2(CN)CCCCC2)c1OC(C)C. The Morgan fingerprint density at radius 3 is 2.43 bits per heavy atom. The second-order valence-corrected chi connectivity index (χ2v) is 7.11. The molecule has 4 heteroatoms. The van der Waals surface area contributed by atoms with E-state index in [0.29, 0.717) is 6.54 Å². The first-order valence-corrected chi connectivity index (χ1v) is 8.56.